The summed E-state index contributed by atoms with van der Waals surface area (Å²) in [5, 5.41) is 8.92. The summed E-state index contributed by atoms with van der Waals surface area (Å²) in [6.45, 7) is 0. The predicted molar refractivity (Wildman–Crippen MR) is 203 cm³/mol. The molecule has 0 bridgehead atoms. The molecule has 0 aliphatic carbocycles. The molecular formula is C44H26N4O2. The van der Waals surface area contributed by atoms with Crippen LogP contribution in [-0.2, 0) is 0 Å². The number of pyridine rings is 2. The first kappa shape index (κ1) is 27.1. The van der Waals surface area contributed by atoms with Gasteiger partial charge in [-0.05, 0) is 89.6 Å². The summed E-state index contributed by atoms with van der Waals surface area (Å²) in [5.74, 6) is 0. The van der Waals surface area contributed by atoms with Gasteiger partial charge in [-0.2, -0.15) is 0 Å². The van der Waals surface area contributed by atoms with E-state index in [1.165, 1.54) is 27.1 Å². The lowest BCUT2D eigenvalue weighted by atomic mass is 10.0. The van der Waals surface area contributed by atoms with Crippen molar-refractivity contribution in [1.82, 2.24) is 14.5 Å². The standard InChI is InChI=1S/C44H26N4O2/c1-2-7-28(8-3-1)48-38-15-10-27-6-4-5-9-32(27)44(38)33-14-11-31(24-39(33)48)47(29-12-16-40-34(22-29)36-25-45-20-18-42(36)49-40)30-13-17-41-35(23-30)37-26-46-21-19-43(37)50-41/h1-26H. The molecule has 0 N–H and O–H groups in total. The van der Waals surface area contributed by atoms with Crippen LogP contribution in [0.2, 0.25) is 0 Å². The summed E-state index contributed by atoms with van der Waals surface area (Å²) in [6, 6.07) is 47.2. The second-order valence-electron chi connectivity index (χ2n) is 12.7. The molecule has 0 aliphatic heterocycles. The first-order valence-corrected chi connectivity index (χ1v) is 16.6. The average Bonchev–Trinajstić information content (AvgIpc) is 3.84. The lowest BCUT2D eigenvalue weighted by Gasteiger charge is -2.26. The highest BCUT2D eigenvalue weighted by Crippen LogP contribution is 2.44. The van der Waals surface area contributed by atoms with Crippen molar-refractivity contribution in [3.05, 3.63) is 158 Å². The fourth-order valence-corrected chi connectivity index (χ4v) is 7.71. The van der Waals surface area contributed by atoms with Crippen molar-refractivity contribution < 1.29 is 8.83 Å². The Hall–Kier alpha value is -6.92. The zero-order valence-electron chi connectivity index (χ0n) is 26.6. The lowest BCUT2D eigenvalue weighted by molar-refractivity contribution is 0.668. The van der Waals surface area contributed by atoms with Crippen molar-refractivity contribution >= 4 is 93.5 Å². The number of nitrogens with zero attached hydrogens (tertiary/aromatic N) is 4. The SMILES string of the molecule is c1ccc(-n2c3cc(N(c4ccc5oc6ccncc6c5c4)c4ccc5oc6ccncc6c5c4)ccc3c3c4ccccc4ccc32)cc1. The Morgan fingerprint density at radius 3 is 1.74 bits per heavy atom. The fourth-order valence-electron chi connectivity index (χ4n) is 7.71. The van der Waals surface area contributed by atoms with E-state index in [0.29, 0.717) is 0 Å². The molecule has 0 atom stereocenters. The number of hydrogen-bond acceptors (Lipinski definition) is 5. The summed E-state index contributed by atoms with van der Waals surface area (Å²) in [7, 11) is 0. The zero-order chi connectivity index (χ0) is 32.8. The summed E-state index contributed by atoms with van der Waals surface area (Å²) in [5.41, 5.74) is 9.73. The lowest BCUT2D eigenvalue weighted by Crippen LogP contribution is -2.10. The van der Waals surface area contributed by atoms with Gasteiger partial charge in [0.15, 0.2) is 0 Å². The minimum Gasteiger partial charge on any atom is -0.456 e. The van der Waals surface area contributed by atoms with Gasteiger partial charge in [0.1, 0.15) is 22.3 Å². The Morgan fingerprint density at radius 1 is 0.440 bits per heavy atom. The van der Waals surface area contributed by atoms with E-state index in [1.54, 1.807) is 12.4 Å². The summed E-state index contributed by atoms with van der Waals surface area (Å²) >= 11 is 0. The van der Waals surface area contributed by atoms with E-state index in [9.17, 15) is 0 Å². The van der Waals surface area contributed by atoms with E-state index in [2.05, 4.69) is 141 Å². The smallest absolute Gasteiger partial charge is 0.138 e. The Morgan fingerprint density at radius 2 is 1.04 bits per heavy atom. The van der Waals surface area contributed by atoms with Crippen molar-refractivity contribution in [2.75, 3.05) is 4.90 Å². The summed E-state index contributed by atoms with van der Waals surface area (Å²) in [6.07, 6.45) is 7.28. The van der Waals surface area contributed by atoms with Gasteiger partial charge in [-0.15, -0.1) is 0 Å². The molecule has 0 spiro atoms. The highest BCUT2D eigenvalue weighted by Gasteiger charge is 2.21. The normalized spacial score (nSPS) is 12.0. The molecule has 0 radical (unpaired) electrons. The Bertz CT molecular complexity index is 3000. The van der Waals surface area contributed by atoms with Crippen molar-refractivity contribution in [3.8, 4) is 5.69 Å². The molecular weight excluding hydrogens is 617 g/mol. The maximum atomic E-state index is 6.20. The Labute approximate surface area is 285 Å². The van der Waals surface area contributed by atoms with Gasteiger partial charge in [0.25, 0.3) is 0 Å². The van der Waals surface area contributed by atoms with E-state index in [-0.39, 0.29) is 0 Å². The molecule has 0 fully saturated rings. The van der Waals surface area contributed by atoms with Crippen LogP contribution < -0.4 is 4.90 Å². The molecule has 0 saturated heterocycles. The molecule has 0 unspecified atom stereocenters. The van der Waals surface area contributed by atoms with Crippen LogP contribution in [0.25, 0.3) is 82.1 Å². The van der Waals surface area contributed by atoms with Crippen LogP contribution >= 0.6 is 0 Å². The summed E-state index contributed by atoms with van der Waals surface area (Å²) in [4.78, 5) is 11.1. The number of aromatic nitrogens is 3. The Balaban J connectivity index is 1.22. The number of furan rings is 2. The molecule has 5 aromatic heterocycles. The zero-order valence-corrected chi connectivity index (χ0v) is 26.6. The quantitative estimate of drug-likeness (QED) is 0.191. The van der Waals surface area contributed by atoms with E-state index in [4.69, 9.17) is 8.83 Å². The van der Waals surface area contributed by atoms with Gasteiger partial charge in [-0.3, -0.25) is 9.97 Å². The second kappa shape index (κ2) is 10.3. The number of fused-ring (bicyclic) bond motifs is 11. The number of anilines is 3. The first-order chi connectivity index (χ1) is 24.8. The van der Waals surface area contributed by atoms with Crippen LogP contribution in [0.5, 0.6) is 0 Å². The van der Waals surface area contributed by atoms with Gasteiger partial charge in [-0.1, -0.05) is 54.6 Å². The van der Waals surface area contributed by atoms with E-state index >= 15 is 0 Å². The summed E-state index contributed by atoms with van der Waals surface area (Å²) < 4.78 is 14.8. The topological polar surface area (TPSA) is 60.2 Å². The molecule has 11 aromatic rings. The van der Waals surface area contributed by atoms with Crippen molar-refractivity contribution in [3.63, 3.8) is 0 Å². The number of benzene rings is 6. The van der Waals surface area contributed by atoms with Crippen molar-refractivity contribution in [2.24, 2.45) is 0 Å². The molecule has 6 aromatic carbocycles. The van der Waals surface area contributed by atoms with Gasteiger partial charge >= 0.3 is 0 Å². The molecule has 5 heterocycles. The van der Waals surface area contributed by atoms with Crippen LogP contribution in [0, 0.1) is 0 Å². The van der Waals surface area contributed by atoms with Crippen LogP contribution in [0.15, 0.2) is 167 Å². The molecule has 6 heteroatoms. The first-order valence-electron chi connectivity index (χ1n) is 16.6. The third kappa shape index (κ3) is 3.90. The highest BCUT2D eigenvalue weighted by molar-refractivity contribution is 6.22. The predicted octanol–water partition coefficient (Wildman–Crippen LogP) is 12.0. The van der Waals surface area contributed by atoms with Crippen molar-refractivity contribution in [2.45, 2.75) is 0 Å². The molecule has 0 amide bonds. The second-order valence-corrected chi connectivity index (χ2v) is 12.7. The molecule has 0 aliphatic rings. The van der Waals surface area contributed by atoms with Gasteiger partial charge in [-0.25, -0.2) is 0 Å². The molecule has 50 heavy (non-hydrogen) atoms. The van der Waals surface area contributed by atoms with E-state index in [1.807, 2.05) is 24.5 Å². The van der Waals surface area contributed by atoms with Crippen LogP contribution in [0.4, 0.5) is 17.1 Å². The maximum absolute atomic E-state index is 6.20. The maximum Gasteiger partial charge on any atom is 0.138 e. The highest BCUT2D eigenvalue weighted by atomic mass is 16.3. The van der Waals surface area contributed by atoms with Gasteiger partial charge in [0.2, 0.25) is 0 Å². The molecule has 234 valence electrons. The minimum atomic E-state index is 0.818. The third-order valence-electron chi connectivity index (χ3n) is 9.94. The van der Waals surface area contributed by atoms with E-state index < -0.39 is 0 Å². The monoisotopic (exact) mass is 642 g/mol. The van der Waals surface area contributed by atoms with Crippen LogP contribution in [-0.4, -0.2) is 14.5 Å². The molecule has 11 rings (SSSR count). The number of hydrogen-bond donors (Lipinski definition) is 0. The van der Waals surface area contributed by atoms with Gasteiger partial charge in [0.05, 0.1) is 11.0 Å². The third-order valence-corrected chi connectivity index (χ3v) is 9.94. The van der Waals surface area contributed by atoms with E-state index in [0.717, 1.165) is 72.1 Å². The number of rotatable bonds is 4. The Kier molecular flexibility index (Phi) is 5.57. The van der Waals surface area contributed by atoms with Gasteiger partial charge in [0, 0.05) is 79.9 Å². The van der Waals surface area contributed by atoms with Gasteiger partial charge < -0.3 is 18.3 Å². The molecule has 6 nitrogen and oxygen atoms in total. The largest absolute Gasteiger partial charge is 0.456 e. The number of para-hydroxylation sites is 1. The van der Waals surface area contributed by atoms with Crippen LogP contribution in [0.3, 0.4) is 0 Å². The van der Waals surface area contributed by atoms with Crippen molar-refractivity contribution in [1.29, 1.82) is 0 Å². The van der Waals surface area contributed by atoms with Crippen LogP contribution in [0.1, 0.15) is 0 Å². The minimum absolute atomic E-state index is 0.818. The average molecular weight is 643 g/mol. The fraction of sp³-hybridized carbons (Fsp3) is 0. The molecule has 0 saturated carbocycles.